The monoisotopic (exact) mass is 581 g/mol. The molecule has 3 heterocycles. The predicted octanol–water partition coefficient (Wildman–Crippen LogP) is 6.80. The van der Waals surface area contributed by atoms with Crippen LogP contribution in [-0.4, -0.2) is 51.9 Å². The molecule has 1 unspecified atom stereocenters. The quantitative estimate of drug-likeness (QED) is 0.325. The largest absolute Gasteiger partial charge is 0.416 e. The van der Waals surface area contributed by atoms with Gasteiger partial charge >= 0.3 is 12.4 Å². The Hall–Kier alpha value is -3.32. The average molecular weight is 582 g/mol. The number of fused-ring (bicyclic) bond motifs is 1. The predicted molar refractivity (Wildman–Crippen MR) is 142 cm³/mol. The molecule has 1 aromatic heterocycles. The van der Waals surface area contributed by atoms with Crippen LogP contribution in [0.1, 0.15) is 41.5 Å². The maximum atomic E-state index is 13.6. The molecule has 2 saturated heterocycles. The molecule has 0 spiro atoms. The highest BCUT2D eigenvalue weighted by Crippen LogP contribution is 2.37. The van der Waals surface area contributed by atoms with Crippen LogP contribution in [0.15, 0.2) is 52.5 Å². The number of benzene rings is 2. The first-order chi connectivity index (χ1) is 18.9. The van der Waals surface area contributed by atoms with Gasteiger partial charge in [0.15, 0.2) is 0 Å². The molecule has 3 aromatic rings. The molecular weight excluding hydrogens is 556 g/mol. The second-order valence-electron chi connectivity index (χ2n) is 9.83. The molecule has 1 amide bonds. The summed E-state index contributed by atoms with van der Waals surface area (Å²) < 4.78 is 80.9. The molecule has 0 bridgehead atoms. The SMILES string of the molecule is CN1CCCC1CCN=C1NC(=O)S/C1=C\c1ccc2nn(Cc3ccc(C(F)(F)F)cc3C(F)(F)F)cc2c1. The Kier molecular flexibility index (Phi) is 7.71. The van der Waals surface area contributed by atoms with E-state index >= 15 is 0 Å². The second-order valence-corrected chi connectivity index (χ2v) is 10.8. The maximum Gasteiger partial charge on any atom is 0.416 e. The lowest BCUT2D eigenvalue weighted by Gasteiger charge is -2.17. The van der Waals surface area contributed by atoms with Gasteiger partial charge in [-0.3, -0.25) is 14.5 Å². The molecule has 2 aromatic carbocycles. The lowest BCUT2D eigenvalue weighted by molar-refractivity contribution is -0.143. The second kappa shape index (κ2) is 10.9. The summed E-state index contributed by atoms with van der Waals surface area (Å²) in [4.78, 5) is 19.6. The minimum absolute atomic E-state index is 0.128. The molecule has 2 aliphatic rings. The van der Waals surface area contributed by atoms with E-state index in [9.17, 15) is 31.1 Å². The van der Waals surface area contributed by atoms with Crippen LogP contribution in [0.2, 0.25) is 0 Å². The first-order valence-electron chi connectivity index (χ1n) is 12.6. The van der Waals surface area contributed by atoms with Gasteiger partial charge in [0, 0.05) is 24.2 Å². The number of amides is 1. The lowest BCUT2D eigenvalue weighted by atomic mass is 10.0. The van der Waals surface area contributed by atoms with Gasteiger partial charge in [-0.05, 0) is 86.1 Å². The van der Waals surface area contributed by atoms with E-state index in [1.54, 1.807) is 24.3 Å². The number of alkyl halides is 6. The van der Waals surface area contributed by atoms with Gasteiger partial charge in [-0.2, -0.15) is 31.4 Å². The first kappa shape index (κ1) is 28.2. The molecule has 2 aliphatic heterocycles. The van der Waals surface area contributed by atoms with E-state index in [4.69, 9.17) is 0 Å². The molecule has 6 nitrogen and oxygen atoms in total. The Morgan fingerprint density at radius 1 is 1.12 bits per heavy atom. The van der Waals surface area contributed by atoms with E-state index in [1.165, 1.54) is 17.3 Å². The fourth-order valence-corrected chi connectivity index (χ4v) is 5.72. The highest BCUT2D eigenvalue weighted by molar-refractivity contribution is 8.18. The number of nitrogens with one attached hydrogen (secondary N) is 1. The van der Waals surface area contributed by atoms with Crippen LogP contribution in [0, 0.1) is 0 Å². The van der Waals surface area contributed by atoms with Crippen LogP contribution in [-0.2, 0) is 18.9 Å². The van der Waals surface area contributed by atoms with Crippen molar-refractivity contribution < 1.29 is 31.1 Å². The van der Waals surface area contributed by atoms with E-state index in [0.717, 1.165) is 42.8 Å². The minimum Gasteiger partial charge on any atom is -0.303 e. The number of carbonyl (C=O) groups excluding carboxylic acids is 1. The molecule has 212 valence electrons. The summed E-state index contributed by atoms with van der Waals surface area (Å²) in [7, 11) is 2.10. The Morgan fingerprint density at radius 2 is 1.93 bits per heavy atom. The normalized spacial score (nSPS) is 20.8. The van der Waals surface area contributed by atoms with Crippen LogP contribution < -0.4 is 5.32 Å². The maximum absolute atomic E-state index is 13.6. The van der Waals surface area contributed by atoms with Crippen molar-refractivity contribution in [3.8, 4) is 0 Å². The van der Waals surface area contributed by atoms with Crippen molar-refractivity contribution in [1.29, 1.82) is 0 Å². The molecule has 1 atom stereocenters. The van der Waals surface area contributed by atoms with Gasteiger partial charge in [0.2, 0.25) is 0 Å². The van der Waals surface area contributed by atoms with E-state index in [2.05, 4.69) is 27.4 Å². The Labute approximate surface area is 230 Å². The van der Waals surface area contributed by atoms with Crippen LogP contribution in [0.4, 0.5) is 31.1 Å². The molecular formula is C27H25F6N5OS. The van der Waals surface area contributed by atoms with Gasteiger partial charge in [0.1, 0.15) is 5.84 Å². The lowest BCUT2D eigenvalue weighted by Crippen LogP contribution is -2.26. The summed E-state index contributed by atoms with van der Waals surface area (Å²) in [5.41, 5.74) is -1.80. The summed E-state index contributed by atoms with van der Waals surface area (Å²) in [5.74, 6) is 0.508. The summed E-state index contributed by atoms with van der Waals surface area (Å²) in [6.45, 7) is 1.30. The van der Waals surface area contributed by atoms with E-state index in [1.807, 2.05) is 0 Å². The summed E-state index contributed by atoms with van der Waals surface area (Å²) >= 11 is 1.03. The summed E-state index contributed by atoms with van der Waals surface area (Å²) in [6, 6.07) is 7.31. The molecule has 2 fully saturated rings. The number of halogens is 6. The molecule has 0 radical (unpaired) electrons. The highest BCUT2D eigenvalue weighted by atomic mass is 32.2. The van der Waals surface area contributed by atoms with Gasteiger partial charge < -0.3 is 10.2 Å². The molecule has 40 heavy (non-hydrogen) atoms. The summed E-state index contributed by atoms with van der Waals surface area (Å²) in [5, 5.41) is 7.46. The number of thioether (sulfide) groups is 1. The van der Waals surface area contributed by atoms with E-state index in [0.29, 0.717) is 40.3 Å². The number of amidine groups is 1. The number of hydrogen-bond donors (Lipinski definition) is 1. The van der Waals surface area contributed by atoms with Gasteiger partial charge in [0.25, 0.3) is 5.24 Å². The minimum atomic E-state index is -4.96. The van der Waals surface area contributed by atoms with Crippen molar-refractivity contribution in [3.63, 3.8) is 0 Å². The fourth-order valence-electron chi connectivity index (χ4n) is 4.96. The molecule has 13 heteroatoms. The van der Waals surface area contributed by atoms with Gasteiger partial charge in [0.05, 0.1) is 28.1 Å². The van der Waals surface area contributed by atoms with Crippen molar-refractivity contribution >= 4 is 39.8 Å². The Balaban J connectivity index is 1.36. The smallest absolute Gasteiger partial charge is 0.303 e. The van der Waals surface area contributed by atoms with Crippen LogP contribution in [0.5, 0.6) is 0 Å². The van der Waals surface area contributed by atoms with Crippen molar-refractivity contribution in [1.82, 2.24) is 20.0 Å². The Morgan fingerprint density at radius 3 is 2.62 bits per heavy atom. The molecule has 0 saturated carbocycles. The zero-order chi connectivity index (χ0) is 28.7. The number of aromatic nitrogens is 2. The van der Waals surface area contributed by atoms with Crippen LogP contribution in [0.25, 0.3) is 17.0 Å². The first-order valence-corrected chi connectivity index (χ1v) is 13.4. The van der Waals surface area contributed by atoms with Crippen LogP contribution >= 0.6 is 11.8 Å². The zero-order valence-electron chi connectivity index (χ0n) is 21.3. The standard InChI is InChI=1S/C27H25F6N5OS/c1-37-10-2-3-20(37)8-9-34-24-23(40-25(39)35-24)12-16-4-7-22-18(11-16)15-38(36-22)14-17-5-6-19(26(28,29)30)13-21(17)27(31,32)33/h4-7,11-13,15,20H,2-3,8-10,14H2,1H3,(H,34,35,39)/b23-12-. The topological polar surface area (TPSA) is 62.5 Å². The van der Waals surface area contributed by atoms with Crippen molar-refractivity contribution in [2.75, 3.05) is 20.1 Å². The number of hydrogen-bond acceptors (Lipinski definition) is 5. The van der Waals surface area contributed by atoms with Crippen molar-refractivity contribution in [2.45, 2.75) is 44.2 Å². The number of likely N-dealkylation sites (tertiary alicyclic amines) is 1. The van der Waals surface area contributed by atoms with Crippen molar-refractivity contribution in [2.24, 2.45) is 4.99 Å². The van der Waals surface area contributed by atoms with Crippen LogP contribution in [0.3, 0.4) is 0 Å². The zero-order valence-corrected chi connectivity index (χ0v) is 22.1. The number of carbonyl (C=O) groups is 1. The fraction of sp³-hybridized carbons (Fsp3) is 0.370. The van der Waals surface area contributed by atoms with E-state index < -0.39 is 23.5 Å². The number of aliphatic imine (C=N–C) groups is 1. The average Bonchev–Trinajstić information content (AvgIpc) is 3.56. The highest BCUT2D eigenvalue weighted by Gasteiger charge is 2.38. The van der Waals surface area contributed by atoms with Gasteiger partial charge in [-0.25, -0.2) is 0 Å². The third kappa shape index (κ3) is 6.35. The van der Waals surface area contributed by atoms with Gasteiger partial charge in [-0.15, -0.1) is 0 Å². The van der Waals surface area contributed by atoms with E-state index in [-0.39, 0.29) is 23.4 Å². The third-order valence-corrected chi connectivity index (χ3v) is 7.83. The Bertz CT molecular complexity index is 1490. The van der Waals surface area contributed by atoms with Crippen molar-refractivity contribution in [3.05, 3.63) is 69.8 Å². The number of rotatable bonds is 6. The molecule has 0 aliphatic carbocycles. The third-order valence-electron chi connectivity index (χ3n) is 7.01. The number of nitrogens with zero attached hydrogens (tertiary/aromatic N) is 4. The molecule has 1 N–H and O–H groups in total. The summed E-state index contributed by atoms with van der Waals surface area (Å²) in [6.07, 6.45) is -3.31. The van der Waals surface area contributed by atoms with Gasteiger partial charge in [-0.1, -0.05) is 12.1 Å². The molecule has 5 rings (SSSR count).